The van der Waals surface area contributed by atoms with Crippen LogP contribution in [0.15, 0.2) is 12.7 Å². The predicted molar refractivity (Wildman–Crippen MR) is 82.9 cm³/mol. The summed E-state index contributed by atoms with van der Waals surface area (Å²) in [5.74, 6) is -0.265. The van der Waals surface area contributed by atoms with Gasteiger partial charge in [0.15, 0.2) is 11.4 Å². The van der Waals surface area contributed by atoms with Crippen molar-refractivity contribution in [2.24, 2.45) is 5.92 Å². The molecule has 0 radical (unpaired) electrons. The van der Waals surface area contributed by atoms with Crippen molar-refractivity contribution < 1.29 is 14.2 Å². The van der Waals surface area contributed by atoms with E-state index in [-0.39, 0.29) is 18.2 Å². The molecular weight excluding hydrogens is 296 g/mol. The van der Waals surface area contributed by atoms with E-state index >= 15 is 0 Å². The number of nitrogens with zero attached hydrogens (tertiary/aromatic N) is 4. The highest BCUT2D eigenvalue weighted by Gasteiger charge is 2.54. The quantitative estimate of drug-likeness (QED) is 0.860. The van der Waals surface area contributed by atoms with Gasteiger partial charge in [-0.2, -0.15) is 0 Å². The van der Waals surface area contributed by atoms with Gasteiger partial charge in [-0.05, 0) is 27.2 Å². The summed E-state index contributed by atoms with van der Waals surface area (Å²) >= 11 is 0. The van der Waals surface area contributed by atoms with Crippen molar-refractivity contribution in [2.75, 3.05) is 13.7 Å². The molecule has 0 amide bonds. The number of hydrogen-bond acceptors (Lipinski definition) is 6. The molecule has 1 aliphatic heterocycles. The summed E-state index contributed by atoms with van der Waals surface area (Å²) in [4.78, 5) is 13.1. The Balaban J connectivity index is 1.74. The van der Waals surface area contributed by atoms with E-state index < -0.39 is 5.79 Å². The van der Waals surface area contributed by atoms with Crippen molar-refractivity contribution in [1.82, 2.24) is 19.5 Å². The van der Waals surface area contributed by atoms with Crippen LogP contribution in [-0.2, 0) is 14.2 Å². The molecule has 0 N–H and O–H groups in total. The van der Waals surface area contributed by atoms with E-state index in [9.17, 15) is 0 Å². The third-order valence-corrected chi connectivity index (χ3v) is 4.83. The van der Waals surface area contributed by atoms with E-state index in [0.29, 0.717) is 12.5 Å². The second-order valence-electron chi connectivity index (χ2n) is 6.87. The van der Waals surface area contributed by atoms with Gasteiger partial charge in [0.05, 0.1) is 30.8 Å². The SMILES string of the molecule is COC[C@H]1C[C@@H](n2cnc3c(C)ncnc32)[C@@H]2OC(C)(C)O[C@H]12. The van der Waals surface area contributed by atoms with Crippen molar-refractivity contribution in [1.29, 1.82) is 0 Å². The zero-order valence-corrected chi connectivity index (χ0v) is 13.9. The minimum absolute atomic E-state index is 0.0159. The van der Waals surface area contributed by atoms with Crippen molar-refractivity contribution >= 4 is 11.2 Å². The highest BCUT2D eigenvalue weighted by Crippen LogP contribution is 2.47. The lowest BCUT2D eigenvalue weighted by atomic mass is 10.1. The summed E-state index contributed by atoms with van der Waals surface area (Å²) in [5.41, 5.74) is 2.59. The lowest BCUT2D eigenvalue weighted by Crippen LogP contribution is -2.28. The van der Waals surface area contributed by atoms with E-state index in [2.05, 4.69) is 19.5 Å². The Kier molecular flexibility index (Phi) is 3.40. The number of hydrogen-bond donors (Lipinski definition) is 0. The minimum Gasteiger partial charge on any atom is -0.384 e. The fraction of sp³-hybridized carbons (Fsp3) is 0.688. The van der Waals surface area contributed by atoms with Crippen LogP contribution < -0.4 is 0 Å². The van der Waals surface area contributed by atoms with Crippen LogP contribution in [0.1, 0.15) is 32.0 Å². The monoisotopic (exact) mass is 318 g/mol. The Hall–Kier alpha value is -1.57. The first-order valence-corrected chi connectivity index (χ1v) is 7.99. The smallest absolute Gasteiger partial charge is 0.163 e. The Morgan fingerprint density at radius 2 is 2.04 bits per heavy atom. The molecule has 0 spiro atoms. The molecule has 1 saturated heterocycles. The van der Waals surface area contributed by atoms with Gasteiger partial charge in [-0.25, -0.2) is 15.0 Å². The summed E-state index contributed by atoms with van der Waals surface area (Å²) in [5, 5.41) is 0. The third kappa shape index (κ3) is 2.34. The lowest BCUT2D eigenvalue weighted by Gasteiger charge is -2.24. The van der Waals surface area contributed by atoms with Crippen LogP contribution in [0.25, 0.3) is 11.2 Å². The van der Waals surface area contributed by atoms with Gasteiger partial charge in [0.25, 0.3) is 0 Å². The van der Waals surface area contributed by atoms with Crippen molar-refractivity contribution in [3.05, 3.63) is 18.3 Å². The molecule has 7 heteroatoms. The van der Waals surface area contributed by atoms with E-state index in [1.165, 1.54) is 0 Å². The molecule has 7 nitrogen and oxygen atoms in total. The van der Waals surface area contributed by atoms with Gasteiger partial charge in [-0.15, -0.1) is 0 Å². The van der Waals surface area contributed by atoms with E-state index in [4.69, 9.17) is 14.2 Å². The van der Waals surface area contributed by atoms with E-state index in [1.807, 2.05) is 27.1 Å². The molecule has 124 valence electrons. The third-order valence-electron chi connectivity index (χ3n) is 4.83. The normalized spacial score (nSPS) is 32.5. The van der Waals surface area contributed by atoms with Crippen LogP contribution in [0, 0.1) is 12.8 Å². The summed E-state index contributed by atoms with van der Waals surface area (Å²) < 4.78 is 19.8. The lowest BCUT2D eigenvalue weighted by molar-refractivity contribution is -0.162. The van der Waals surface area contributed by atoms with E-state index in [1.54, 1.807) is 13.4 Å². The molecule has 4 rings (SSSR count). The predicted octanol–water partition coefficient (Wildman–Crippen LogP) is 1.86. The fourth-order valence-electron chi connectivity index (χ4n) is 3.92. The standard InChI is InChI=1S/C16H22N4O3/c1-9-12-15(18-7-17-9)20(8-19-12)11-5-10(6-21-4)13-14(11)23-16(2,3)22-13/h7-8,10-11,13-14H,5-6H2,1-4H3/t10-,11-,13-,14+/m1/s1. The van der Waals surface area contributed by atoms with Gasteiger partial charge in [-0.3, -0.25) is 0 Å². The van der Waals surface area contributed by atoms with Gasteiger partial charge < -0.3 is 18.8 Å². The molecule has 0 aromatic carbocycles. The largest absolute Gasteiger partial charge is 0.384 e. The number of ether oxygens (including phenoxy) is 3. The molecule has 2 aromatic rings. The minimum atomic E-state index is -0.568. The number of aromatic nitrogens is 4. The van der Waals surface area contributed by atoms with Crippen LogP contribution in [-0.4, -0.2) is 51.2 Å². The first-order chi connectivity index (χ1) is 11.0. The second kappa shape index (κ2) is 5.22. The number of rotatable bonds is 3. The summed E-state index contributed by atoms with van der Waals surface area (Å²) in [6.45, 7) is 6.54. The van der Waals surface area contributed by atoms with Crippen LogP contribution in [0.2, 0.25) is 0 Å². The van der Waals surface area contributed by atoms with Crippen molar-refractivity contribution in [2.45, 2.75) is 51.2 Å². The maximum absolute atomic E-state index is 6.20. The molecule has 4 atom stereocenters. The zero-order chi connectivity index (χ0) is 16.2. The summed E-state index contributed by atoms with van der Waals surface area (Å²) in [6, 6.07) is 0.140. The van der Waals surface area contributed by atoms with Gasteiger partial charge >= 0.3 is 0 Å². The maximum Gasteiger partial charge on any atom is 0.163 e. The van der Waals surface area contributed by atoms with Gasteiger partial charge in [0, 0.05) is 13.0 Å². The molecule has 2 aromatic heterocycles. The number of imidazole rings is 1. The Morgan fingerprint density at radius 1 is 1.26 bits per heavy atom. The fourth-order valence-corrected chi connectivity index (χ4v) is 3.92. The van der Waals surface area contributed by atoms with Gasteiger partial charge in [0.2, 0.25) is 0 Å². The number of methoxy groups -OCH3 is 1. The molecule has 2 fully saturated rings. The van der Waals surface area contributed by atoms with E-state index in [0.717, 1.165) is 23.3 Å². The molecule has 0 unspecified atom stereocenters. The number of aryl methyl sites for hydroxylation is 1. The van der Waals surface area contributed by atoms with Crippen molar-refractivity contribution in [3.8, 4) is 0 Å². The second-order valence-corrected chi connectivity index (χ2v) is 6.87. The molecule has 1 saturated carbocycles. The molecule has 23 heavy (non-hydrogen) atoms. The Bertz CT molecular complexity index is 729. The number of fused-ring (bicyclic) bond motifs is 2. The highest BCUT2D eigenvalue weighted by atomic mass is 16.8. The van der Waals surface area contributed by atoms with Crippen LogP contribution in [0.5, 0.6) is 0 Å². The summed E-state index contributed by atoms with van der Waals surface area (Å²) in [7, 11) is 1.73. The first-order valence-electron chi connectivity index (χ1n) is 7.99. The Morgan fingerprint density at radius 3 is 2.83 bits per heavy atom. The molecular formula is C16H22N4O3. The first kappa shape index (κ1) is 15.0. The average Bonchev–Trinajstić information content (AvgIpc) is 3.13. The van der Waals surface area contributed by atoms with Crippen LogP contribution in [0.3, 0.4) is 0 Å². The van der Waals surface area contributed by atoms with Crippen molar-refractivity contribution in [3.63, 3.8) is 0 Å². The summed E-state index contributed by atoms with van der Waals surface area (Å²) in [6.07, 6.45) is 4.38. The average molecular weight is 318 g/mol. The molecule has 2 aliphatic rings. The molecule has 3 heterocycles. The van der Waals surface area contributed by atoms with Gasteiger partial charge in [-0.1, -0.05) is 0 Å². The zero-order valence-electron chi connectivity index (χ0n) is 13.9. The topological polar surface area (TPSA) is 71.3 Å². The highest BCUT2D eigenvalue weighted by molar-refractivity contribution is 5.72. The van der Waals surface area contributed by atoms with Crippen LogP contribution in [0.4, 0.5) is 0 Å². The maximum atomic E-state index is 6.20. The van der Waals surface area contributed by atoms with Crippen LogP contribution >= 0.6 is 0 Å². The molecule has 1 aliphatic carbocycles. The molecule has 0 bridgehead atoms. The Labute approximate surface area is 135 Å². The van der Waals surface area contributed by atoms with Gasteiger partial charge in [0.1, 0.15) is 17.9 Å².